The summed E-state index contributed by atoms with van der Waals surface area (Å²) in [5.74, 6) is 0. The van der Waals surface area contributed by atoms with Crippen molar-refractivity contribution in [3.63, 3.8) is 0 Å². The van der Waals surface area contributed by atoms with Gasteiger partial charge in [0.25, 0.3) is 0 Å². The largest absolute Gasteiger partial charge is 3.00 e. The predicted molar refractivity (Wildman–Crippen MR) is 33.0 cm³/mol. The van der Waals surface area contributed by atoms with E-state index in [1.807, 2.05) is 0 Å². The monoisotopic (exact) mass is 364 g/mol. The predicted octanol–water partition coefficient (Wildman–Crippen LogP) is -2.71. The Bertz CT molecular complexity index is 9.61. The molecule has 0 aliphatic carbocycles. The van der Waals surface area contributed by atoms with Crippen LogP contribution in [0.15, 0.2) is 0 Å². The first kappa shape index (κ1) is 41.9. The molecule has 5 heavy (non-hydrogen) atoms. The molecule has 0 unspecified atom stereocenters. The number of rotatable bonds is 0. The topological polar surface area (TPSA) is 0 Å². The first-order valence-corrected chi connectivity index (χ1v) is 0. The van der Waals surface area contributed by atoms with E-state index in [1.54, 1.807) is 0 Å². The van der Waals surface area contributed by atoms with E-state index >= 15 is 0 Å². The second-order valence-corrected chi connectivity index (χ2v) is 0. The molecular weight excluding hydrogens is 361 g/mol. The average molecular weight is 364 g/mol. The van der Waals surface area contributed by atoms with Crippen LogP contribution >= 0.6 is 0 Å². The minimum atomic E-state index is 0. The van der Waals surface area contributed by atoms with Gasteiger partial charge < -0.3 is 35.9 Å². The molecule has 0 bridgehead atoms. The van der Waals surface area contributed by atoms with Crippen LogP contribution in [-0.2, 0) is 0 Å². The molecule has 0 rings (SSSR count). The Balaban J connectivity index is 0. The molecule has 0 aromatic heterocycles. The molecule has 0 spiro atoms. The van der Waals surface area contributed by atoms with E-state index in [1.165, 1.54) is 0 Å². The molecular formula is H3AlAs2GaIn. The Hall–Kier alpha value is 3.16. The molecule has 5 heteroatoms. The summed E-state index contributed by atoms with van der Waals surface area (Å²) < 4.78 is 0. The third-order valence-corrected chi connectivity index (χ3v) is 0. The maximum Gasteiger partial charge on any atom is 3.00 e. The van der Waals surface area contributed by atoms with Gasteiger partial charge in [-0.25, -0.2) is 0 Å². The van der Waals surface area contributed by atoms with E-state index in [9.17, 15) is 0 Å². The van der Waals surface area contributed by atoms with Crippen LogP contribution in [0.3, 0.4) is 0 Å². The third kappa shape index (κ3) is 19.1. The first-order chi connectivity index (χ1) is 0. The van der Waals surface area contributed by atoms with Crippen LogP contribution in [0.25, 0.3) is 0 Å². The zero-order valence-electron chi connectivity index (χ0n) is 2.05. The van der Waals surface area contributed by atoms with Crippen molar-refractivity contribution in [2.24, 2.45) is 0 Å². The van der Waals surface area contributed by atoms with E-state index in [0.717, 1.165) is 0 Å². The minimum absolute atomic E-state index is 0. The van der Waals surface area contributed by atoms with Crippen LogP contribution in [-0.4, -0.2) is 98.9 Å². The number of hydrogen-bond donors (Lipinski definition) is 0. The van der Waals surface area contributed by atoms with Gasteiger partial charge >= 0.3 is 45.6 Å². The van der Waals surface area contributed by atoms with Crippen molar-refractivity contribution >= 4 is 98.9 Å². The van der Waals surface area contributed by atoms with Crippen LogP contribution in [0.4, 0.5) is 0 Å². The van der Waals surface area contributed by atoms with E-state index in [2.05, 4.69) is 0 Å². The fraction of sp³-hybridized carbons (Fsp3) is 0. The first-order valence-electron chi connectivity index (χ1n) is 0. The smallest absolute Gasteiger partial charge is 3.00 e. The van der Waals surface area contributed by atoms with E-state index in [0.29, 0.717) is 0 Å². The summed E-state index contributed by atoms with van der Waals surface area (Å²) in [7, 11) is 0. The second-order valence-electron chi connectivity index (χ2n) is 0. The average Bonchev–Trinajstić information content (AvgIpc) is 0. The van der Waals surface area contributed by atoms with Crippen LogP contribution in [0.5, 0.6) is 0 Å². The molecule has 0 aliphatic heterocycles. The Morgan fingerprint density at radius 3 is 0.800 bits per heavy atom. The Labute approximate surface area is 97.2 Å². The summed E-state index contributed by atoms with van der Waals surface area (Å²) in [6, 6.07) is 0. The van der Waals surface area contributed by atoms with Crippen molar-refractivity contribution in [1.29, 1.82) is 0 Å². The van der Waals surface area contributed by atoms with Gasteiger partial charge in [-0.05, 0) is 0 Å². The molecule has 0 heterocycles. The molecule has 0 N–H and O–H groups in total. The van der Waals surface area contributed by atoms with Crippen LogP contribution in [0.2, 0.25) is 0 Å². The summed E-state index contributed by atoms with van der Waals surface area (Å²) >= 11 is 0. The van der Waals surface area contributed by atoms with Gasteiger partial charge in [0.1, 0.15) is 0 Å². The zero-order chi connectivity index (χ0) is 0. The van der Waals surface area contributed by atoms with Gasteiger partial charge in [-0.3, -0.25) is 0 Å². The Kier molecular flexibility index (Phi) is 228. The number of hydrogen-bond acceptors (Lipinski definition) is 0. The SMILES string of the molecule is [AlH3].[As-3].[As-3].[Ga+3].[In+3]. The summed E-state index contributed by atoms with van der Waals surface area (Å²) in [6.45, 7) is 0. The van der Waals surface area contributed by atoms with Crippen molar-refractivity contribution in [2.45, 2.75) is 0 Å². The Morgan fingerprint density at radius 2 is 0.800 bits per heavy atom. The molecule has 0 atom stereocenters. The summed E-state index contributed by atoms with van der Waals surface area (Å²) in [5, 5.41) is 0. The van der Waals surface area contributed by atoms with Gasteiger partial charge in [0.05, 0.1) is 0 Å². The molecule has 0 aliphatic rings. The van der Waals surface area contributed by atoms with Gasteiger partial charge in [0, 0.05) is 0 Å². The second kappa shape index (κ2) is 27.2. The molecule has 0 saturated carbocycles. The van der Waals surface area contributed by atoms with Gasteiger partial charge in [-0.2, -0.15) is 0 Å². The standard InChI is InChI=1S/Al.2As.Ga.In.3H/q;2*-3;2*+3;;;. The van der Waals surface area contributed by atoms with E-state index in [4.69, 9.17) is 0 Å². The zero-order valence-corrected chi connectivity index (χ0v) is 11.5. The third-order valence-electron chi connectivity index (χ3n) is 0. The van der Waals surface area contributed by atoms with Crippen molar-refractivity contribution in [3.05, 3.63) is 0 Å². The van der Waals surface area contributed by atoms with Gasteiger partial charge in [-0.1, -0.05) is 0 Å². The molecule has 0 nitrogen and oxygen atoms in total. The molecule has 22 valence electrons. The van der Waals surface area contributed by atoms with Crippen molar-refractivity contribution in [3.8, 4) is 0 Å². The van der Waals surface area contributed by atoms with Crippen molar-refractivity contribution in [1.82, 2.24) is 0 Å². The van der Waals surface area contributed by atoms with Crippen LogP contribution in [0, 0.1) is 0 Å². The fourth-order valence-corrected chi connectivity index (χ4v) is 0. The molecule has 0 radical (unpaired) electrons. The van der Waals surface area contributed by atoms with Crippen molar-refractivity contribution < 1.29 is 0 Å². The van der Waals surface area contributed by atoms with Gasteiger partial charge in [0.15, 0.2) is 17.4 Å². The normalized spacial score (nSPS) is 0. The van der Waals surface area contributed by atoms with Crippen LogP contribution in [0.1, 0.15) is 0 Å². The quantitative estimate of drug-likeness (QED) is 0.410. The summed E-state index contributed by atoms with van der Waals surface area (Å²) in [5.41, 5.74) is 0. The van der Waals surface area contributed by atoms with Gasteiger partial charge in [0.2, 0.25) is 0 Å². The molecule has 0 saturated heterocycles. The summed E-state index contributed by atoms with van der Waals surface area (Å²) in [4.78, 5) is 0. The molecule has 0 fully saturated rings. The van der Waals surface area contributed by atoms with Gasteiger partial charge in [-0.15, -0.1) is 0 Å². The van der Waals surface area contributed by atoms with Crippen molar-refractivity contribution in [2.75, 3.05) is 0 Å². The maximum absolute atomic E-state index is 0. The maximum atomic E-state index is 0. The molecule has 0 amide bonds. The Morgan fingerprint density at radius 1 is 0.800 bits per heavy atom. The summed E-state index contributed by atoms with van der Waals surface area (Å²) in [6.07, 6.45) is 0. The molecule has 0 aromatic rings. The molecule has 0 aromatic carbocycles. The minimum Gasteiger partial charge on any atom is -3.00 e. The fourth-order valence-electron chi connectivity index (χ4n) is 0. The van der Waals surface area contributed by atoms with E-state index < -0.39 is 0 Å². The van der Waals surface area contributed by atoms with E-state index in [-0.39, 0.29) is 98.9 Å². The van der Waals surface area contributed by atoms with Crippen LogP contribution < -0.4 is 0 Å².